The molecule has 0 amide bonds. The molecule has 0 spiro atoms. The van der Waals surface area contributed by atoms with E-state index < -0.39 is 0 Å². The molecule has 0 saturated carbocycles. The number of rotatable bonds is 5. The van der Waals surface area contributed by atoms with Crippen molar-refractivity contribution in [3.8, 4) is 22.3 Å². The van der Waals surface area contributed by atoms with Crippen molar-refractivity contribution in [1.29, 1.82) is 0 Å². The van der Waals surface area contributed by atoms with Crippen LogP contribution in [0.15, 0.2) is 164 Å². The Kier molecular flexibility index (Phi) is 6.00. The zero-order valence-electron chi connectivity index (χ0n) is 21.7. The third-order valence-electron chi connectivity index (χ3n) is 7.76. The van der Waals surface area contributed by atoms with Gasteiger partial charge in [-0.2, -0.15) is 0 Å². The molecule has 0 heteroatoms. The summed E-state index contributed by atoms with van der Waals surface area (Å²) >= 11 is 0. The topological polar surface area (TPSA) is 0 Å². The fraction of sp³-hybridized carbons (Fsp3) is 0.0256. The van der Waals surface area contributed by atoms with Gasteiger partial charge in [-0.05, 0) is 60.5 Å². The molecule has 7 rings (SSSR count). The van der Waals surface area contributed by atoms with Gasteiger partial charge in [0.25, 0.3) is 0 Å². The lowest BCUT2D eigenvalue weighted by Gasteiger charge is -2.21. The number of fused-ring (bicyclic) bond motifs is 3. The van der Waals surface area contributed by atoms with Gasteiger partial charge in [-0.25, -0.2) is 0 Å². The molecule has 0 nitrogen and oxygen atoms in total. The highest BCUT2D eigenvalue weighted by atomic mass is 14.2. The van der Waals surface area contributed by atoms with Crippen molar-refractivity contribution in [2.45, 2.75) is 5.92 Å². The van der Waals surface area contributed by atoms with Gasteiger partial charge in [0.1, 0.15) is 0 Å². The Hall–Kier alpha value is -4.94. The first-order chi connectivity index (χ1) is 19.3. The minimum absolute atomic E-state index is 0.105. The number of benzene rings is 7. The van der Waals surface area contributed by atoms with E-state index in [2.05, 4.69) is 164 Å². The third kappa shape index (κ3) is 4.51. The lowest BCUT2D eigenvalue weighted by atomic mass is 9.82. The van der Waals surface area contributed by atoms with Gasteiger partial charge in [-0.1, -0.05) is 164 Å². The van der Waals surface area contributed by atoms with Crippen molar-refractivity contribution in [3.05, 3.63) is 180 Å². The van der Waals surface area contributed by atoms with Crippen LogP contribution in [0.1, 0.15) is 22.6 Å². The van der Waals surface area contributed by atoms with Crippen molar-refractivity contribution < 1.29 is 0 Å². The van der Waals surface area contributed by atoms with Gasteiger partial charge in [0.15, 0.2) is 0 Å². The largest absolute Gasteiger partial charge is 0.0622 e. The molecule has 0 fully saturated rings. The van der Waals surface area contributed by atoms with E-state index in [0.717, 1.165) is 0 Å². The molecule has 0 bridgehead atoms. The van der Waals surface area contributed by atoms with Crippen molar-refractivity contribution >= 4 is 21.5 Å². The van der Waals surface area contributed by atoms with Crippen LogP contribution < -0.4 is 0 Å². The van der Waals surface area contributed by atoms with Crippen molar-refractivity contribution in [2.75, 3.05) is 0 Å². The van der Waals surface area contributed by atoms with Gasteiger partial charge in [-0.3, -0.25) is 0 Å². The average molecular weight is 497 g/mol. The first-order valence-electron chi connectivity index (χ1n) is 13.6. The second-order valence-corrected chi connectivity index (χ2v) is 10.2. The van der Waals surface area contributed by atoms with Crippen LogP contribution in [0.5, 0.6) is 0 Å². The van der Waals surface area contributed by atoms with Crippen LogP contribution >= 0.6 is 0 Å². The Morgan fingerprint density at radius 2 is 0.769 bits per heavy atom. The predicted octanol–water partition coefficient (Wildman–Crippen LogP) is 10.5. The van der Waals surface area contributed by atoms with Crippen molar-refractivity contribution in [3.63, 3.8) is 0 Å². The first-order valence-corrected chi connectivity index (χ1v) is 13.6. The second-order valence-electron chi connectivity index (χ2n) is 10.2. The van der Waals surface area contributed by atoms with E-state index in [1.54, 1.807) is 0 Å². The van der Waals surface area contributed by atoms with Crippen LogP contribution in [0.25, 0.3) is 43.8 Å². The SMILES string of the molecule is c1ccc(-c2cccc(C(c3cccc(-c4ccccc4)c3)c3ccc4c(ccc5ccccc54)c3)c2)cc1. The van der Waals surface area contributed by atoms with E-state index in [4.69, 9.17) is 0 Å². The highest BCUT2D eigenvalue weighted by Gasteiger charge is 2.19. The molecular formula is C39H28. The zero-order chi connectivity index (χ0) is 26.0. The normalized spacial score (nSPS) is 11.3. The van der Waals surface area contributed by atoms with E-state index in [9.17, 15) is 0 Å². The Morgan fingerprint density at radius 1 is 0.282 bits per heavy atom. The number of hydrogen-bond donors (Lipinski definition) is 0. The fourth-order valence-electron chi connectivity index (χ4n) is 5.85. The van der Waals surface area contributed by atoms with E-state index in [1.165, 1.54) is 60.5 Å². The molecule has 39 heavy (non-hydrogen) atoms. The molecule has 0 aromatic heterocycles. The molecule has 0 aliphatic rings. The molecule has 0 radical (unpaired) electrons. The Bertz CT molecular complexity index is 1820. The maximum Gasteiger partial charge on any atom is 0.0340 e. The van der Waals surface area contributed by atoms with E-state index in [0.29, 0.717) is 0 Å². The van der Waals surface area contributed by atoms with E-state index in [-0.39, 0.29) is 5.92 Å². The summed E-state index contributed by atoms with van der Waals surface area (Å²) in [6.45, 7) is 0. The molecule has 7 aromatic rings. The van der Waals surface area contributed by atoms with Crippen LogP contribution in [-0.4, -0.2) is 0 Å². The van der Waals surface area contributed by atoms with Gasteiger partial charge >= 0.3 is 0 Å². The van der Waals surface area contributed by atoms with E-state index in [1.807, 2.05) is 0 Å². The van der Waals surface area contributed by atoms with Crippen molar-refractivity contribution in [1.82, 2.24) is 0 Å². The summed E-state index contributed by atoms with van der Waals surface area (Å²) in [5.74, 6) is 0.105. The van der Waals surface area contributed by atoms with Gasteiger partial charge in [0, 0.05) is 5.92 Å². The summed E-state index contributed by atoms with van der Waals surface area (Å²) in [4.78, 5) is 0. The van der Waals surface area contributed by atoms with Crippen LogP contribution in [-0.2, 0) is 0 Å². The lowest BCUT2D eigenvalue weighted by Crippen LogP contribution is -2.04. The summed E-state index contributed by atoms with van der Waals surface area (Å²) in [5, 5.41) is 5.15. The minimum Gasteiger partial charge on any atom is -0.0622 e. The molecule has 0 saturated heterocycles. The maximum absolute atomic E-state index is 2.39. The van der Waals surface area contributed by atoms with Gasteiger partial charge < -0.3 is 0 Å². The van der Waals surface area contributed by atoms with Crippen LogP contribution in [0.4, 0.5) is 0 Å². The summed E-state index contributed by atoms with van der Waals surface area (Å²) < 4.78 is 0. The second kappa shape index (κ2) is 10.1. The summed E-state index contributed by atoms with van der Waals surface area (Å²) in [7, 11) is 0. The molecule has 0 atom stereocenters. The van der Waals surface area contributed by atoms with Gasteiger partial charge in [0.05, 0.1) is 0 Å². The monoisotopic (exact) mass is 496 g/mol. The summed E-state index contributed by atoms with van der Waals surface area (Å²) in [6, 6.07) is 59.6. The van der Waals surface area contributed by atoms with Crippen LogP contribution in [0, 0.1) is 0 Å². The molecule has 0 N–H and O–H groups in total. The smallest absolute Gasteiger partial charge is 0.0340 e. The maximum atomic E-state index is 2.39. The number of hydrogen-bond acceptors (Lipinski definition) is 0. The average Bonchev–Trinajstić information content (AvgIpc) is 3.02. The molecule has 0 aliphatic heterocycles. The molecule has 7 aromatic carbocycles. The first kappa shape index (κ1) is 23.2. The van der Waals surface area contributed by atoms with Gasteiger partial charge in [-0.15, -0.1) is 0 Å². The molecule has 184 valence electrons. The molecule has 0 unspecified atom stereocenters. The highest BCUT2D eigenvalue weighted by Crippen LogP contribution is 2.38. The summed E-state index contributed by atoms with van der Waals surface area (Å²) in [5.41, 5.74) is 8.84. The minimum atomic E-state index is 0.105. The molecule has 0 aliphatic carbocycles. The Morgan fingerprint density at radius 3 is 1.41 bits per heavy atom. The Labute approximate surface area is 229 Å². The fourth-order valence-corrected chi connectivity index (χ4v) is 5.85. The summed E-state index contributed by atoms with van der Waals surface area (Å²) in [6.07, 6.45) is 0. The van der Waals surface area contributed by atoms with Crippen LogP contribution in [0.3, 0.4) is 0 Å². The third-order valence-corrected chi connectivity index (χ3v) is 7.76. The van der Waals surface area contributed by atoms with E-state index >= 15 is 0 Å². The lowest BCUT2D eigenvalue weighted by molar-refractivity contribution is 0.981. The zero-order valence-corrected chi connectivity index (χ0v) is 21.7. The van der Waals surface area contributed by atoms with Gasteiger partial charge in [0.2, 0.25) is 0 Å². The molecular weight excluding hydrogens is 468 g/mol. The Balaban J connectivity index is 1.42. The standard InChI is InChI=1S/C39H28/c1-3-11-28(12-4-1)31-16-9-18-34(25-31)39(35-19-10-17-32(26-35)29-13-5-2-6-14-29)36-23-24-38-33(27-36)22-21-30-15-7-8-20-37(30)38/h1-27,39H. The highest BCUT2D eigenvalue weighted by molar-refractivity contribution is 6.07. The quantitative estimate of drug-likeness (QED) is 0.164. The molecule has 0 heterocycles. The predicted molar refractivity (Wildman–Crippen MR) is 166 cm³/mol. The van der Waals surface area contributed by atoms with Crippen molar-refractivity contribution in [2.24, 2.45) is 0 Å². The van der Waals surface area contributed by atoms with Crippen LogP contribution in [0.2, 0.25) is 0 Å².